The lowest BCUT2D eigenvalue weighted by Crippen LogP contribution is -2.50. The van der Waals surface area contributed by atoms with E-state index >= 15 is 0 Å². The minimum absolute atomic E-state index is 0.119. The maximum Gasteiger partial charge on any atom is 0.243 e. The minimum atomic E-state index is -3.59. The van der Waals surface area contributed by atoms with Gasteiger partial charge in [0.25, 0.3) is 0 Å². The topological polar surface area (TPSA) is 86.8 Å². The first-order chi connectivity index (χ1) is 14.7. The van der Waals surface area contributed by atoms with Gasteiger partial charge in [0, 0.05) is 43.9 Å². The third kappa shape index (κ3) is 5.72. The monoisotopic (exact) mass is 463 g/mol. The van der Waals surface area contributed by atoms with Gasteiger partial charge in [-0.05, 0) is 55.0 Å². The van der Waals surface area contributed by atoms with Crippen LogP contribution in [0, 0.1) is 20.8 Å². The van der Waals surface area contributed by atoms with Gasteiger partial charge >= 0.3 is 0 Å². The molecule has 1 fully saturated rings. The maximum atomic E-state index is 13.0. The molecule has 0 spiro atoms. The Morgan fingerprint density at radius 3 is 2.35 bits per heavy atom. The Morgan fingerprint density at radius 2 is 1.71 bits per heavy atom. The van der Waals surface area contributed by atoms with E-state index in [1.54, 1.807) is 29.2 Å². The summed E-state index contributed by atoms with van der Waals surface area (Å²) in [5.74, 6) is -0.275. The molecule has 168 valence electrons. The molecule has 1 aromatic carbocycles. The number of benzene rings is 1. The van der Waals surface area contributed by atoms with Gasteiger partial charge in [0.15, 0.2) is 0 Å². The van der Waals surface area contributed by atoms with Gasteiger partial charge in [0.05, 0.1) is 11.4 Å². The number of nitrogens with one attached hydrogen (secondary N) is 1. The Balaban J connectivity index is 1.47. The fraction of sp³-hybridized carbons (Fsp3) is 0.455. The highest BCUT2D eigenvalue weighted by Crippen LogP contribution is 2.22. The van der Waals surface area contributed by atoms with Gasteiger partial charge in [-0.25, -0.2) is 8.42 Å². The van der Waals surface area contributed by atoms with E-state index in [1.165, 1.54) is 4.31 Å². The SMILES string of the molecule is Cc1ccc(C)c(S(=O)(=O)N2CCN(C(=O)CCC(=O)NCc3sccc3C)CC2)c1. The van der Waals surface area contributed by atoms with Gasteiger partial charge in [-0.15, -0.1) is 11.3 Å². The fourth-order valence-electron chi connectivity index (χ4n) is 3.53. The second kappa shape index (κ2) is 9.93. The number of amides is 2. The lowest BCUT2D eigenvalue weighted by Gasteiger charge is -2.34. The van der Waals surface area contributed by atoms with Crippen molar-refractivity contribution in [2.24, 2.45) is 0 Å². The van der Waals surface area contributed by atoms with Gasteiger partial charge in [0.2, 0.25) is 21.8 Å². The van der Waals surface area contributed by atoms with Crippen LogP contribution in [0.15, 0.2) is 34.5 Å². The number of sulfonamides is 1. The van der Waals surface area contributed by atoms with Crippen LogP contribution in [0.2, 0.25) is 0 Å². The van der Waals surface area contributed by atoms with E-state index in [-0.39, 0.29) is 37.7 Å². The van der Waals surface area contributed by atoms with E-state index in [2.05, 4.69) is 5.32 Å². The zero-order valence-corrected chi connectivity index (χ0v) is 19.8. The second-order valence-corrected chi connectivity index (χ2v) is 10.8. The first-order valence-electron chi connectivity index (χ1n) is 10.3. The molecular weight excluding hydrogens is 434 g/mol. The number of thiophene rings is 1. The average Bonchev–Trinajstić information content (AvgIpc) is 3.17. The third-order valence-electron chi connectivity index (χ3n) is 5.53. The van der Waals surface area contributed by atoms with Crippen molar-refractivity contribution in [1.82, 2.24) is 14.5 Å². The summed E-state index contributed by atoms with van der Waals surface area (Å²) in [4.78, 5) is 27.6. The molecule has 0 atom stereocenters. The molecular formula is C22H29N3O4S2. The summed E-state index contributed by atoms with van der Waals surface area (Å²) >= 11 is 1.60. The summed E-state index contributed by atoms with van der Waals surface area (Å²) < 4.78 is 27.5. The minimum Gasteiger partial charge on any atom is -0.351 e. The molecule has 1 aliphatic heterocycles. The number of hydrogen-bond donors (Lipinski definition) is 1. The summed E-state index contributed by atoms with van der Waals surface area (Å²) in [6, 6.07) is 7.41. The normalized spacial score (nSPS) is 15.1. The van der Waals surface area contributed by atoms with Gasteiger partial charge < -0.3 is 10.2 Å². The summed E-state index contributed by atoms with van der Waals surface area (Å²) in [7, 11) is -3.59. The van der Waals surface area contributed by atoms with Crippen LogP contribution >= 0.6 is 11.3 Å². The molecule has 1 aromatic heterocycles. The molecule has 1 N–H and O–H groups in total. The van der Waals surface area contributed by atoms with Crippen molar-refractivity contribution in [3.63, 3.8) is 0 Å². The highest BCUT2D eigenvalue weighted by molar-refractivity contribution is 7.89. The van der Waals surface area contributed by atoms with Gasteiger partial charge in [0.1, 0.15) is 0 Å². The zero-order valence-electron chi connectivity index (χ0n) is 18.2. The molecule has 9 heteroatoms. The van der Waals surface area contributed by atoms with Crippen molar-refractivity contribution < 1.29 is 18.0 Å². The lowest BCUT2D eigenvalue weighted by molar-refractivity contribution is -0.134. The van der Waals surface area contributed by atoms with Crippen LogP contribution in [0.4, 0.5) is 0 Å². The quantitative estimate of drug-likeness (QED) is 0.684. The molecule has 2 aromatic rings. The van der Waals surface area contributed by atoms with Crippen molar-refractivity contribution in [3.05, 3.63) is 51.2 Å². The Morgan fingerprint density at radius 1 is 1.00 bits per heavy atom. The van der Waals surface area contributed by atoms with Crippen LogP contribution < -0.4 is 5.32 Å². The van der Waals surface area contributed by atoms with E-state index in [0.717, 1.165) is 16.0 Å². The first kappa shape index (κ1) is 23.4. The van der Waals surface area contributed by atoms with E-state index < -0.39 is 10.0 Å². The predicted octanol–water partition coefficient (Wildman–Crippen LogP) is 2.60. The van der Waals surface area contributed by atoms with E-state index in [0.29, 0.717) is 30.1 Å². The summed E-state index contributed by atoms with van der Waals surface area (Å²) in [6.07, 6.45) is 0.253. The Kier molecular flexibility index (Phi) is 7.51. The molecule has 2 amide bonds. The molecule has 2 heterocycles. The number of nitrogens with zero attached hydrogens (tertiary/aromatic N) is 2. The zero-order chi connectivity index (χ0) is 22.6. The molecule has 1 saturated heterocycles. The predicted molar refractivity (Wildman–Crippen MR) is 121 cm³/mol. The van der Waals surface area contributed by atoms with Crippen LogP contribution in [0.1, 0.15) is 34.4 Å². The van der Waals surface area contributed by atoms with Crippen molar-refractivity contribution in [3.8, 4) is 0 Å². The number of hydrogen-bond acceptors (Lipinski definition) is 5. The van der Waals surface area contributed by atoms with Crippen LogP contribution in [-0.4, -0.2) is 55.6 Å². The molecule has 0 unspecified atom stereocenters. The molecule has 31 heavy (non-hydrogen) atoms. The molecule has 0 aliphatic carbocycles. The van der Waals surface area contributed by atoms with Gasteiger partial charge in [-0.2, -0.15) is 4.31 Å². The van der Waals surface area contributed by atoms with Crippen LogP contribution in [-0.2, 0) is 26.2 Å². The fourth-order valence-corrected chi connectivity index (χ4v) is 6.11. The largest absolute Gasteiger partial charge is 0.351 e. The summed E-state index contributed by atoms with van der Waals surface area (Å²) in [6.45, 7) is 7.31. The highest BCUT2D eigenvalue weighted by atomic mass is 32.2. The third-order valence-corrected chi connectivity index (χ3v) is 8.60. The maximum absolute atomic E-state index is 13.0. The van der Waals surface area contributed by atoms with Crippen molar-refractivity contribution in [1.29, 1.82) is 0 Å². The van der Waals surface area contributed by atoms with Crippen LogP contribution in [0.3, 0.4) is 0 Å². The standard InChI is InChI=1S/C22H29N3O4S2/c1-16-4-5-18(3)20(14-16)31(28,29)25-11-9-24(10-12-25)22(27)7-6-21(26)23-15-19-17(2)8-13-30-19/h4-5,8,13-14H,6-7,9-12,15H2,1-3H3,(H,23,26). The van der Waals surface area contributed by atoms with E-state index in [9.17, 15) is 18.0 Å². The summed E-state index contributed by atoms with van der Waals surface area (Å²) in [5, 5.41) is 4.84. The molecule has 1 aliphatic rings. The number of rotatable bonds is 7. The molecule has 0 bridgehead atoms. The van der Waals surface area contributed by atoms with Gasteiger partial charge in [-0.3, -0.25) is 9.59 Å². The van der Waals surface area contributed by atoms with Crippen molar-refractivity contribution in [2.75, 3.05) is 26.2 Å². The second-order valence-electron chi connectivity index (χ2n) is 7.86. The van der Waals surface area contributed by atoms with Crippen molar-refractivity contribution in [2.45, 2.75) is 45.1 Å². The molecule has 0 saturated carbocycles. The molecule has 7 nitrogen and oxygen atoms in total. The van der Waals surface area contributed by atoms with Crippen LogP contribution in [0.5, 0.6) is 0 Å². The average molecular weight is 464 g/mol. The molecule has 3 rings (SSSR count). The number of aryl methyl sites for hydroxylation is 3. The number of carbonyl (C=O) groups excluding carboxylic acids is 2. The van der Waals surface area contributed by atoms with Crippen LogP contribution in [0.25, 0.3) is 0 Å². The Bertz CT molecular complexity index is 1050. The Hall–Kier alpha value is -2.23. The first-order valence-corrected chi connectivity index (χ1v) is 12.7. The highest BCUT2D eigenvalue weighted by Gasteiger charge is 2.31. The van der Waals surface area contributed by atoms with E-state index in [4.69, 9.17) is 0 Å². The molecule has 0 radical (unpaired) electrons. The summed E-state index contributed by atoms with van der Waals surface area (Å²) in [5.41, 5.74) is 2.76. The number of carbonyl (C=O) groups is 2. The lowest BCUT2D eigenvalue weighted by atomic mass is 10.2. The van der Waals surface area contributed by atoms with Gasteiger partial charge in [-0.1, -0.05) is 12.1 Å². The number of piperazine rings is 1. The van der Waals surface area contributed by atoms with Crippen molar-refractivity contribution >= 4 is 33.2 Å². The Labute approximate surface area is 188 Å². The van der Waals surface area contributed by atoms with E-state index in [1.807, 2.05) is 37.4 Å². The smallest absolute Gasteiger partial charge is 0.243 e.